The first-order valence-electron chi connectivity index (χ1n) is 18.5. The van der Waals surface area contributed by atoms with Crippen molar-refractivity contribution in [2.75, 3.05) is 0 Å². The van der Waals surface area contributed by atoms with Crippen LogP contribution < -0.4 is 0 Å². The van der Waals surface area contributed by atoms with Crippen LogP contribution in [0.5, 0.6) is 0 Å². The summed E-state index contributed by atoms with van der Waals surface area (Å²) in [6.07, 6.45) is 32.7. The Morgan fingerprint density at radius 3 is 2.16 bits per heavy atom. The summed E-state index contributed by atoms with van der Waals surface area (Å²) in [5.41, 5.74) is 0.806. The third kappa shape index (κ3) is 19.9. The maximum atomic E-state index is 13.6. The van der Waals surface area contributed by atoms with Crippen LogP contribution in [-0.4, -0.2) is 35.4 Å². The Bertz CT molecular complexity index is 870. The van der Waals surface area contributed by atoms with E-state index < -0.39 is 6.10 Å². The molecule has 4 atom stereocenters. The molecule has 0 radical (unpaired) electrons. The fourth-order valence-electron chi connectivity index (χ4n) is 6.12. The number of allylic oxidation sites excluding steroid dienone is 5. The summed E-state index contributed by atoms with van der Waals surface area (Å²) in [7, 11) is 0. The van der Waals surface area contributed by atoms with E-state index in [0.29, 0.717) is 12.8 Å². The second-order valence-corrected chi connectivity index (χ2v) is 13.2. The molecule has 1 aliphatic rings. The molecule has 1 fully saturated rings. The lowest BCUT2D eigenvalue weighted by atomic mass is 9.89. The molecule has 0 unspecified atom stereocenters. The second-order valence-electron chi connectivity index (χ2n) is 13.2. The van der Waals surface area contributed by atoms with E-state index in [4.69, 9.17) is 9.47 Å². The number of carbonyl (C=O) groups is 2. The molecule has 0 saturated heterocycles. The van der Waals surface area contributed by atoms with E-state index in [1.54, 1.807) is 0 Å². The van der Waals surface area contributed by atoms with Gasteiger partial charge in [0.2, 0.25) is 0 Å². The van der Waals surface area contributed by atoms with E-state index in [2.05, 4.69) is 50.8 Å². The standard InChI is InChI=1S/C40H68O5/c1-6-9-12-15-18-23-28-34(27-22-17-14-11-8-3)40(43)45-38-32-37(41)35(36(38)30-25-19-16-13-10-7-2)29-24-20-21-26-31-39(42)44-33(4)5/h8,20,24-25,27,30,33,35-38,41H,3,6-7,9-19,21-23,26,28-29,31-32H2,1-2,4-5H3/b24-20-,30-25+,34-27-/t35-,36-,37+,38-/m1/s1. The first-order valence-corrected chi connectivity index (χ1v) is 18.5. The average molecular weight is 629 g/mol. The van der Waals surface area contributed by atoms with Crippen molar-refractivity contribution in [3.8, 4) is 0 Å². The highest BCUT2D eigenvalue weighted by molar-refractivity contribution is 5.88. The monoisotopic (exact) mass is 629 g/mol. The van der Waals surface area contributed by atoms with Crippen molar-refractivity contribution in [1.29, 1.82) is 0 Å². The van der Waals surface area contributed by atoms with Gasteiger partial charge in [-0.1, -0.05) is 102 Å². The van der Waals surface area contributed by atoms with Crippen molar-refractivity contribution < 1.29 is 24.2 Å². The largest absolute Gasteiger partial charge is 0.463 e. The SMILES string of the molecule is C=CCCCC/C=C(/CCCCCCCC)C(=O)O[C@@H]1C[C@H](O)[C@H](C/C=C\CCCC(=O)OC(C)C)[C@H]1/C=C/CCCCCC. The summed E-state index contributed by atoms with van der Waals surface area (Å²) in [6.45, 7) is 12.0. The molecule has 5 nitrogen and oxygen atoms in total. The Labute approximate surface area is 277 Å². The lowest BCUT2D eigenvalue weighted by Crippen LogP contribution is -2.25. The van der Waals surface area contributed by atoms with Crippen molar-refractivity contribution in [3.05, 3.63) is 48.6 Å². The lowest BCUT2D eigenvalue weighted by Gasteiger charge is -2.22. The van der Waals surface area contributed by atoms with E-state index in [1.807, 2.05) is 19.9 Å². The van der Waals surface area contributed by atoms with E-state index in [9.17, 15) is 14.7 Å². The fraction of sp³-hybridized carbons (Fsp3) is 0.750. The molecule has 1 rings (SSSR count). The van der Waals surface area contributed by atoms with Gasteiger partial charge in [0.1, 0.15) is 6.10 Å². The number of rotatable bonds is 27. The van der Waals surface area contributed by atoms with Gasteiger partial charge in [-0.25, -0.2) is 4.79 Å². The molecule has 0 spiro atoms. The zero-order valence-electron chi connectivity index (χ0n) is 29.5. The van der Waals surface area contributed by atoms with Crippen LogP contribution in [0.1, 0.15) is 163 Å². The van der Waals surface area contributed by atoms with Gasteiger partial charge in [-0.2, -0.15) is 0 Å². The summed E-state index contributed by atoms with van der Waals surface area (Å²) >= 11 is 0. The summed E-state index contributed by atoms with van der Waals surface area (Å²) in [4.78, 5) is 25.4. The van der Waals surface area contributed by atoms with Crippen molar-refractivity contribution >= 4 is 11.9 Å². The van der Waals surface area contributed by atoms with Gasteiger partial charge in [0.25, 0.3) is 0 Å². The van der Waals surface area contributed by atoms with Crippen LogP contribution in [0.4, 0.5) is 0 Å². The van der Waals surface area contributed by atoms with E-state index >= 15 is 0 Å². The van der Waals surface area contributed by atoms with Gasteiger partial charge >= 0.3 is 11.9 Å². The van der Waals surface area contributed by atoms with Crippen LogP contribution >= 0.6 is 0 Å². The number of aliphatic hydroxyl groups is 1. The van der Waals surface area contributed by atoms with Gasteiger partial charge in [-0.3, -0.25) is 4.79 Å². The number of aliphatic hydroxyl groups excluding tert-OH is 1. The number of ether oxygens (including phenoxy) is 2. The molecule has 0 amide bonds. The van der Waals surface area contributed by atoms with Crippen LogP contribution in [0, 0.1) is 11.8 Å². The van der Waals surface area contributed by atoms with Crippen molar-refractivity contribution in [2.24, 2.45) is 11.8 Å². The quantitative estimate of drug-likeness (QED) is 0.0424. The first kappa shape index (κ1) is 40.9. The Hall–Kier alpha value is -2.14. The van der Waals surface area contributed by atoms with Gasteiger partial charge in [0.05, 0.1) is 12.2 Å². The van der Waals surface area contributed by atoms with Crippen molar-refractivity contribution in [1.82, 2.24) is 0 Å². The number of esters is 2. The lowest BCUT2D eigenvalue weighted by molar-refractivity contribution is -0.147. The molecule has 258 valence electrons. The van der Waals surface area contributed by atoms with Gasteiger partial charge in [0, 0.05) is 24.3 Å². The number of hydrogen-bond donors (Lipinski definition) is 1. The summed E-state index contributed by atoms with van der Waals surface area (Å²) in [6, 6.07) is 0. The molecular weight excluding hydrogens is 560 g/mol. The summed E-state index contributed by atoms with van der Waals surface area (Å²) < 4.78 is 11.5. The highest BCUT2D eigenvalue weighted by atomic mass is 16.5. The summed E-state index contributed by atoms with van der Waals surface area (Å²) in [5, 5.41) is 11.1. The Morgan fingerprint density at radius 1 is 0.800 bits per heavy atom. The zero-order chi connectivity index (χ0) is 33.1. The molecule has 0 aromatic carbocycles. The van der Waals surface area contributed by atoms with Crippen molar-refractivity contribution in [2.45, 2.75) is 181 Å². The topological polar surface area (TPSA) is 72.8 Å². The molecule has 1 aliphatic carbocycles. The predicted octanol–water partition coefficient (Wildman–Crippen LogP) is 10.9. The van der Waals surface area contributed by atoms with Crippen LogP contribution in [0.15, 0.2) is 48.6 Å². The third-order valence-electron chi connectivity index (χ3n) is 8.74. The molecule has 45 heavy (non-hydrogen) atoms. The minimum atomic E-state index is -0.520. The minimum absolute atomic E-state index is 0.00162. The predicted molar refractivity (Wildman–Crippen MR) is 189 cm³/mol. The normalized spacial score (nSPS) is 20.4. The molecular formula is C40H68O5. The average Bonchev–Trinajstić information content (AvgIpc) is 3.29. The third-order valence-corrected chi connectivity index (χ3v) is 8.74. The zero-order valence-corrected chi connectivity index (χ0v) is 29.5. The number of unbranched alkanes of at least 4 members (excludes halogenated alkanes) is 13. The first-order chi connectivity index (χ1) is 21.8. The minimum Gasteiger partial charge on any atom is -0.463 e. The van der Waals surface area contributed by atoms with Crippen molar-refractivity contribution in [3.63, 3.8) is 0 Å². The maximum Gasteiger partial charge on any atom is 0.333 e. The molecule has 0 aliphatic heterocycles. The highest BCUT2D eigenvalue weighted by Crippen LogP contribution is 2.39. The highest BCUT2D eigenvalue weighted by Gasteiger charge is 2.42. The smallest absolute Gasteiger partial charge is 0.333 e. The van der Waals surface area contributed by atoms with E-state index in [0.717, 1.165) is 82.6 Å². The Kier molecular flexibility index (Phi) is 24.5. The molecule has 0 aromatic heterocycles. The van der Waals surface area contributed by atoms with Crippen LogP contribution in [0.2, 0.25) is 0 Å². The second kappa shape index (κ2) is 27.0. The molecule has 0 aromatic rings. The van der Waals surface area contributed by atoms with Gasteiger partial charge in [-0.05, 0) is 90.4 Å². The molecule has 0 heterocycles. The van der Waals surface area contributed by atoms with Crippen LogP contribution in [0.25, 0.3) is 0 Å². The molecule has 5 heteroatoms. The Morgan fingerprint density at radius 2 is 1.44 bits per heavy atom. The summed E-state index contributed by atoms with van der Waals surface area (Å²) in [5.74, 6) is -0.360. The van der Waals surface area contributed by atoms with E-state index in [-0.39, 0.29) is 36.0 Å². The Balaban J connectivity index is 2.89. The fourth-order valence-corrected chi connectivity index (χ4v) is 6.12. The van der Waals surface area contributed by atoms with Crippen LogP contribution in [0.3, 0.4) is 0 Å². The molecule has 0 bridgehead atoms. The van der Waals surface area contributed by atoms with E-state index in [1.165, 1.54) is 44.9 Å². The molecule has 1 N–H and O–H groups in total. The number of carbonyl (C=O) groups excluding carboxylic acids is 2. The maximum absolute atomic E-state index is 13.6. The molecule has 1 saturated carbocycles. The van der Waals surface area contributed by atoms with Gasteiger partial charge in [0.15, 0.2) is 0 Å². The van der Waals surface area contributed by atoms with Gasteiger partial charge < -0.3 is 14.6 Å². The number of hydrogen-bond acceptors (Lipinski definition) is 5. The van der Waals surface area contributed by atoms with Gasteiger partial charge in [-0.15, -0.1) is 6.58 Å². The van der Waals surface area contributed by atoms with Crippen LogP contribution in [-0.2, 0) is 19.1 Å².